The first kappa shape index (κ1) is 25.7. The minimum atomic E-state index is 1.29. The molecule has 33 heavy (non-hydrogen) atoms. The molecule has 0 bridgehead atoms. The van der Waals surface area contributed by atoms with Crippen LogP contribution in [0, 0.1) is 13.8 Å². The van der Waals surface area contributed by atoms with Crippen LogP contribution < -0.4 is 13.7 Å². The zero-order valence-electron chi connectivity index (χ0n) is 21.2. The zero-order chi connectivity index (χ0) is 24.2. The van der Waals surface area contributed by atoms with Gasteiger partial charge in [0.25, 0.3) is 0 Å². The van der Waals surface area contributed by atoms with Gasteiger partial charge in [-0.25, -0.2) is 13.7 Å². The SMILES string of the molecule is CC.C[n+]1ccc2ccccc2c1.Cc1cc[n+](C)c2ccccc12.Cc1cc[n+](C)cc1. The molecular formula is C30H38N3+3. The van der Waals surface area contributed by atoms with E-state index in [1.807, 2.05) is 44.9 Å². The number of aryl methyl sites for hydroxylation is 5. The summed E-state index contributed by atoms with van der Waals surface area (Å²) in [4.78, 5) is 0. The van der Waals surface area contributed by atoms with E-state index in [-0.39, 0.29) is 0 Å². The molecule has 0 N–H and O–H groups in total. The van der Waals surface area contributed by atoms with Crippen LogP contribution in [0.15, 0.2) is 104 Å². The molecule has 170 valence electrons. The van der Waals surface area contributed by atoms with Crippen LogP contribution in [-0.4, -0.2) is 0 Å². The summed E-state index contributed by atoms with van der Waals surface area (Å²) < 4.78 is 6.22. The van der Waals surface area contributed by atoms with Crippen LogP contribution in [0.1, 0.15) is 25.0 Å². The zero-order valence-corrected chi connectivity index (χ0v) is 21.2. The van der Waals surface area contributed by atoms with E-state index in [4.69, 9.17) is 0 Å². The fourth-order valence-corrected chi connectivity index (χ4v) is 3.32. The predicted molar refractivity (Wildman–Crippen MR) is 139 cm³/mol. The Hall–Kier alpha value is -3.59. The Bertz CT molecular complexity index is 1210. The van der Waals surface area contributed by atoms with Gasteiger partial charge in [-0.1, -0.05) is 44.2 Å². The molecule has 3 heterocycles. The third kappa shape index (κ3) is 7.80. The Labute approximate surface area is 199 Å². The van der Waals surface area contributed by atoms with Crippen LogP contribution >= 0.6 is 0 Å². The number of benzene rings is 2. The van der Waals surface area contributed by atoms with Gasteiger partial charge in [0.05, 0.1) is 0 Å². The summed E-state index contributed by atoms with van der Waals surface area (Å²) in [6.45, 7) is 8.22. The lowest BCUT2D eigenvalue weighted by Gasteiger charge is -1.98. The van der Waals surface area contributed by atoms with Crippen molar-refractivity contribution in [2.75, 3.05) is 0 Å². The molecule has 3 aromatic heterocycles. The van der Waals surface area contributed by atoms with Crippen molar-refractivity contribution in [1.82, 2.24) is 0 Å². The summed E-state index contributed by atoms with van der Waals surface area (Å²) in [5.41, 5.74) is 3.93. The van der Waals surface area contributed by atoms with Gasteiger partial charge in [-0.15, -0.1) is 0 Å². The molecule has 0 unspecified atom stereocenters. The number of para-hydroxylation sites is 1. The largest absolute Gasteiger partial charge is 0.212 e. The first-order chi connectivity index (χ1) is 15.9. The Kier molecular flexibility index (Phi) is 10.2. The molecule has 0 saturated carbocycles. The van der Waals surface area contributed by atoms with E-state index in [9.17, 15) is 0 Å². The summed E-state index contributed by atoms with van der Waals surface area (Å²) in [5, 5.41) is 3.92. The second kappa shape index (κ2) is 13.1. The van der Waals surface area contributed by atoms with Gasteiger partial charge in [-0.2, -0.15) is 0 Å². The average molecular weight is 441 g/mol. The minimum absolute atomic E-state index is 1.29. The van der Waals surface area contributed by atoms with Crippen molar-refractivity contribution in [3.8, 4) is 0 Å². The molecule has 3 nitrogen and oxygen atoms in total. The van der Waals surface area contributed by atoms with Gasteiger partial charge >= 0.3 is 0 Å². The lowest BCUT2D eigenvalue weighted by molar-refractivity contribution is -0.671. The van der Waals surface area contributed by atoms with E-state index in [1.54, 1.807) is 0 Å². The third-order valence-corrected chi connectivity index (χ3v) is 5.23. The molecule has 2 aromatic carbocycles. The number of aromatic nitrogens is 3. The molecule has 0 saturated heterocycles. The predicted octanol–water partition coefficient (Wildman–Crippen LogP) is 5.48. The molecule has 0 aliphatic rings. The van der Waals surface area contributed by atoms with Gasteiger partial charge in [-0.3, -0.25) is 0 Å². The molecule has 0 aliphatic heterocycles. The van der Waals surface area contributed by atoms with E-state index >= 15 is 0 Å². The van der Waals surface area contributed by atoms with Crippen LogP contribution in [0.3, 0.4) is 0 Å². The molecule has 0 fully saturated rings. The van der Waals surface area contributed by atoms with Crippen LogP contribution in [-0.2, 0) is 21.1 Å². The molecule has 3 heteroatoms. The van der Waals surface area contributed by atoms with Gasteiger partial charge in [0, 0.05) is 41.1 Å². The van der Waals surface area contributed by atoms with E-state index < -0.39 is 0 Å². The lowest BCUT2D eigenvalue weighted by Crippen LogP contribution is -2.28. The maximum absolute atomic E-state index is 2.16. The molecule has 0 aliphatic carbocycles. The quantitative estimate of drug-likeness (QED) is 0.283. The van der Waals surface area contributed by atoms with Crippen LogP contribution in [0.25, 0.3) is 21.7 Å². The van der Waals surface area contributed by atoms with Gasteiger partial charge in [0.15, 0.2) is 31.0 Å². The molecule has 0 amide bonds. The molecule has 0 spiro atoms. The number of fused-ring (bicyclic) bond motifs is 2. The standard InChI is InChI=1S/C11H12N.C10H10N.C7H10N.C2H6/c1-9-7-8-12(2)11-6-4-3-5-10(9)11;1-11-7-6-9-4-2-3-5-10(9)8-11;1-7-3-5-8(2)6-4-7;1-2/h3-8H,1-2H3;2-8H,1H3;3-6H,1-2H3;1-2H3/q3*+1;. The fraction of sp³-hybridized carbons (Fsp3) is 0.233. The summed E-state index contributed by atoms with van der Waals surface area (Å²) in [5.74, 6) is 0. The Morgan fingerprint density at radius 2 is 1.12 bits per heavy atom. The number of nitrogens with zero attached hydrogens (tertiary/aromatic N) is 3. The van der Waals surface area contributed by atoms with E-state index in [0.29, 0.717) is 0 Å². The average Bonchev–Trinajstić information content (AvgIpc) is 2.85. The number of pyridine rings is 3. The van der Waals surface area contributed by atoms with Crippen molar-refractivity contribution in [2.24, 2.45) is 21.1 Å². The number of hydrogen-bond donors (Lipinski definition) is 0. The summed E-state index contributed by atoms with van der Waals surface area (Å²) in [6, 6.07) is 25.2. The summed E-state index contributed by atoms with van der Waals surface area (Å²) in [7, 11) is 6.12. The second-order valence-electron chi connectivity index (χ2n) is 7.91. The molecule has 0 radical (unpaired) electrons. The van der Waals surface area contributed by atoms with Crippen molar-refractivity contribution >= 4 is 21.7 Å². The topological polar surface area (TPSA) is 11.6 Å². The van der Waals surface area contributed by atoms with E-state index in [0.717, 1.165) is 0 Å². The molecule has 5 rings (SSSR count). The smallest absolute Gasteiger partial charge is 0.208 e. The number of rotatable bonds is 0. The second-order valence-corrected chi connectivity index (χ2v) is 7.91. The third-order valence-electron chi connectivity index (χ3n) is 5.23. The maximum atomic E-state index is 2.16. The molecule has 0 atom stereocenters. The first-order valence-electron chi connectivity index (χ1n) is 11.5. The van der Waals surface area contributed by atoms with Gasteiger partial charge in [-0.05, 0) is 42.5 Å². The van der Waals surface area contributed by atoms with Gasteiger partial charge in [0.2, 0.25) is 5.52 Å². The number of hydrogen-bond acceptors (Lipinski definition) is 0. The van der Waals surface area contributed by atoms with Crippen molar-refractivity contribution < 1.29 is 13.7 Å². The van der Waals surface area contributed by atoms with Crippen LogP contribution in [0.5, 0.6) is 0 Å². The van der Waals surface area contributed by atoms with E-state index in [2.05, 4.69) is 121 Å². The Balaban J connectivity index is 0.000000172. The maximum Gasteiger partial charge on any atom is 0.212 e. The minimum Gasteiger partial charge on any atom is -0.208 e. The molecular weight excluding hydrogens is 402 g/mol. The van der Waals surface area contributed by atoms with E-state index in [1.165, 1.54) is 32.8 Å². The summed E-state index contributed by atoms with van der Waals surface area (Å²) in [6.07, 6.45) is 10.3. The lowest BCUT2D eigenvalue weighted by atomic mass is 10.1. The highest BCUT2D eigenvalue weighted by Gasteiger charge is 2.04. The monoisotopic (exact) mass is 440 g/mol. The Morgan fingerprint density at radius 1 is 0.545 bits per heavy atom. The highest BCUT2D eigenvalue weighted by atomic mass is 14.9. The highest BCUT2D eigenvalue weighted by molar-refractivity contribution is 5.80. The van der Waals surface area contributed by atoms with Crippen LogP contribution in [0.2, 0.25) is 0 Å². The van der Waals surface area contributed by atoms with Crippen molar-refractivity contribution in [3.63, 3.8) is 0 Å². The summed E-state index contributed by atoms with van der Waals surface area (Å²) >= 11 is 0. The first-order valence-corrected chi connectivity index (χ1v) is 11.5. The fourth-order valence-electron chi connectivity index (χ4n) is 3.32. The van der Waals surface area contributed by atoms with Crippen molar-refractivity contribution in [3.05, 3.63) is 115 Å². The van der Waals surface area contributed by atoms with Crippen molar-refractivity contribution in [2.45, 2.75) is 27.7 Å². The van der Waals surface area contributed by atoms with Gasteiger partial charge < -0.3 is 0 Å². The van der Waals surface area contributed by atoms with Crippen molar-refractivity contribution in [1.29, 1.82) is 0 Å². The highest BCUT2D eigenvalue weighted by Crippen LogP contribution is 2.12. The Morgan fingerprint density at radius 3 is 1.76 bits per heavy atom. The molecule has 5 aromatic rings. The normalized spacial score (nSPS) is 9.67. The van der Waals surface area contributed by atoms with Crippen LogP contribution in [0.4, 0.5) is 0 Å². The van der Waals surface area contributed by atoms with Gasteiger partial charge in [0.1, 0.15) is 21.1 Å².